The molecule has 0 spiro atoms. The number of carbonyl (C=O) groups excluding carboxylic acids is 2. The summed E-state index contributed by atoms with van der Waals surface area (Å²) in [4.78, 5) is 24.2. The van der Waals surface area contributed by atoms with Gasteiger partial charge in [-0.25, -0.2) is 0 Å². The SMILES string of the molecule is CN(Cc1cccc(C#N)c1)C(=O)C(=O)NCC#N. The van der Waals surface area contributed by atoms with Crippen LogP contribution in [-0.2, 0) is 16.1 Å². The van der Waals surface area contributed by atoms with Crippen LogP contribution in [-0.4, -0.2) is 30.3 Å². The third kappa shape index (κ3) is 4.14. The Labute approximate surface area is 110 Å². The van der Waals surface area contributed by atoms with Gasteiger partial charge in [0.2, 0.25) is 0 Å². The van der Waals surface area contributed by atoms with E-state index in [4.69, 9.17) is 10.5 Å². The molecular formula is C13H12N4O2. The van der Waals surface area contributed by atoms with E-state index < -0.39 is 11.8 Å². The van der Waals surface area contributed by atoms with E-state index in [1.807, 2.05) is 6.07 Å². The van der Waals surface area contributed by atoms with E-state index in [1.54, 1.807) is 30.3 Å². The molecule has 0 fully saturated rings. The molecule has 0 aliphatic rings. The number of rotatable bonds is 3. The third-order valence-electron chi connectivity index (χ3n) is 2.34. The zero-order valence-corrected chi connectivity index (χ0v) is 10.4. The van der Waals surface area contributed by atoms with E-state index in [0.29, 0.717) is 5.56 Å². The van der Waals surface area contributed by atoms with Crippen LogP contribution in [0.5, 0.6) is 0 Å². The van der Waals surface area contributed by atoms with Crippen molar-refractivity contribution in [3.05, 3.63) is 35.4 Å². The second kappa shape index (κ2) is 6.77. The van der Waals surface area contributed by atoms with Crippen LogP contribution in [0.25, 0.3) is 0 Å². The van der Waals surface area contributed by atoms with Gasteiger partial charge in [-0.2, -0.15) is 10.5 Å². The first-order valence-corrected chi connectivity index (χ1v) is 5.47. The summed E-state index contributed by atoms with van der Waals surface area (Å²) in [6.07, 6.45) is 0. The van der Waals surface area contributed by atoms with Crippen molar-refractivity contribution in [1.82, 2.24) is 10.2 Å². The fraction of sp³-hybridized carbons (Fsp3) is 0.231. The Morgan fingerprint density at radius 1 is 1.37 bits per heavy atom. The number of carbonyl (C=O) groups is 2. The molecule has 6 nitrogen and oxygen atoms in total. The van der Waals surface area contributed by atoms with Gasteiger partial charge in [-0.1, -0.05) is 12.1 Å². The molecule has 2 amide bonds. The van der Waals surface area contributed by atoms with Crippen LogP contribution in [0.3, 0.4) is 0 Å². The number of likely N-dealkylation sites (N-methyl/N-ethyl adjacent to an activating group) is 1. The first-order valence-electron chi connectivity index (χ1n) is 5.47. The van der Waals surface area contributed by atoms with Gasteiger partial charge in [-0.15, -0.1) is 0 Å². The highest BCUT2D eigenvalue weighted by Crippen LogP contribution is 2.06. The van der Waals surface area contributed by atoms with Gasteiger partial charge >= 0.3 is 11.8 Å². The van der Waals surface area contributed by atoms with Gasteiger partial charge in [-0.05, 0) is 17.7 Å². The minimum absolute atomic E-state index is 0.206. The maximum atomic E-state index is 11.6. The van der Waals surface area contributed by atoms with Crippen LogP contribution >= 0.6 is 0 Å². The van der Waals surface area contributed by atoms with Gasteiger partial charge in [-0.3, -0.25) is 9.59 Å². The van der Waals surface area contributed by atoms with E-state index in [0.717, 1.165) is 5.56 Å². The molecule has 0 aromatic heterocycles. The van der Waals surface area contributed by atoms with Gasteiger partial charge in [0.05, 0.1) is 17.7 Å². The van der Waals surface area contributed by atoms with E-state index in [2.05, 4.69) is 5.32 Å². The number of benzene rings is 1. The van der Waals surface area contributed by atoms with Crippen molar-refractivity contribution >= 4 is 11.8 Å². The predicted octanol–water partition coefficient (Wildman–Crippen LogP) is 0.156. The summed E-state index contributed by atoms with van der Waals surface area (Å²) in [7, 11) is 1.48. The molecule has 0 aliphatic heterocycles. The van der Waals surface area contributed by atoms with Crippen molar-refractivity contribution in [2.45, 2.75) is 6.54 Å². The van der Waals surface area contributed by atoms with Gasteiger partial charge in [0.25, 0.3) is 0 Å². The van der Waals surface area contributed by atoms with Gasteiger partial charge < -0.3 is 10.2 Å². The summed E-state index contributed by atoms with van der Waals surface area (Å²) in [6, 6.07) is 10.5. The molecule has 19 heavy (non-hydrogen) atoms. The quantitative estimate of drug-likeness (QED) is 0.615. The Balaban J connectivity index is 2.66. The number of nitriles is 2. The summed E-state index contributed by atoms with van der Waals surface area (Å²) < 4.78 is 0. The number of hydrogen-bond acceptors (Lipinski definition) is 4. The third-order valence-corrected chi connectivity index (χ3v) is 2.34. The Hall–Kier alpha value is -2.86. The number of hydrogen-bond donors (Lipinski definition) is 1. The molecule has 0 heterocycles. The van der Waals surface area contributed by atoms with E-state index in [9.17, 15) is 9.59 Å². The first-order chi connectivity index (χ1) is 9.08. The van der Waals surface area contributed by atoms with Crippen LogP contribution in [0.2, 0.25) is 0 Å². The topological polar surface area (TPSA) is 97.0 Å². The molecule has 1 N–H and O–H groups in total. The molecular weight excluding hydrogens is 244 g/mol. The average Bonchev–Trinajstić information content (AvgIpc) is 2.43. The lowest BCUT2D eigenvalue weighted by Crippen LogP contribution is -2.40. The lowest BCUT2D eigenvalue weighted by molar-refractivity contribution is -0.145. The van der Waals surface area contributed by atoms with Gasteiger partial charge in [0, 0.05) is 13.6 Å². The molecule has 6 heteroatoms. The second-order valence-electron chi connectivity index (χ2n) is 3.81. The molecule has 96 valence electrons. The Kier molecular flexibility index (Phi) is 5.06. The summed E-state index contributed by atoms with van der Waals surface area (Å²) in [5, 5.41) is 19.3. The van der Waals surface area contributed by atoms with Crippen molar-refractivity contribution in [3.8, 4) is 12.1 Å². The lowest BCUT2D eigenvalue weighted by Gasteiger charge is -2.16. The van der Waals surface area contributed by atoms with Crippen LogP contribution < -0.4 is 5.32 Å². The molecule has 0 saturated carbocycles. The maximum Gasteiger partial charge on any atom is 0.311 e. The molecule has 1 aromatic rings. The smallest absolute Gasteiger partial charge is 0.311 e. The number of amides is 2. The molecule has 0 radical (unpaired) electrons. The number of nitrogens with one attached hydrogen (secondary N) is 1. The van der Waals surface area contributed by atoms with Crippen molar-refractivity contribution in [1.29, 1.82) is 10.5 Å². The molecule has 1 rings (SSSR count). The van der Waals surface area contributed by atoms with Crippen LogP contribution in [0, 0.1) is 22.7 Å². The molecule has 0 bridgehead atoms. The number of nitrogens with zero attached hydrogens (tertiary/aromatic N) is 3. The summed E-state index contributed by atoms with van der Waals surface area (Å²) in [6.45, 7) is 0.0106. The van der Waals surface area contributed by atoms with Crippen molar-refractivity contribution < 1.29 is 9.59 Å². The van der Waals surface area contributed by atoms with Gasteiger partial charge in [0.15, 0.2) is 0 Å². The minimum atomic E-state index is -0.819. The molecule has 1 aromatic carbocycles. The van der Waals surface area contributed by atoms with Crippen LogP contribution in [0.15, 0.2) is 24.3 Å². The van der Waals surface area contributed by atoms with Crippen molar-refractivity contribution in [2.24, 2.45) is 0 Å². The molecule has 0 aliphatic carbocycles. The molecule has 0 atom stereocenters. The summed E-state index contributed by atoms with van der Waals surface area (Å²) >= 11 is 0. The molecule has 0 unspecified atom stereocenters. The Morgan fingerprint density at radius 2 is 2.11 bits per heavy atom. The average molecular weight is 256 g/mol. The van der Waals surface area contributed by atoms with Crippen molar-refractivity contribution in [3.63, 3.8) is 0 Å². The second-order valence-corrected chi connectivity index (χ2v) is 3.81. The van der Waals surface area contributed by atoms with Crippen LogP contribution in [0.1, 0.15) is 11.1 Å². The highest BCUT2D eigenvalue weighted by molar-refractivity contribution is 6.34. The van der Waals surface area contributed by atoms with Gasteiger partial charge in [0.1, 0.15) is 6.54 Å². The fourth-order valence-corrected chi connectivity index (χ4v) is 1.45. The summed E-state index contributed by atoms with van der Waals surface area (Å²) in [5.74, 6) is -1.54. The zero-order valence-electron chi connectivity index (χ0n) is 10.4. The van der Waals surface area contributed by atoms with E-state index in [-0.39, 0.29) is 13.1 Å². The monoisotopic (exact) mass is 256 g/mol. The molecule has 0 saturated heterocycles. The Morgan fingerprint density at radius 3 is 2.74 bits per heavy atom. The largest absolute Gasteiger partial charge is 0.335 e. The standard InChI is InChI=1S/C13H12N4O2/c1-17(13(19)12(18)16-6-5-14)9-11-4-2-3-10(7-11)8-15/h2-4,7H,6,9H2,1H3,(H,16,18). The highest BCUT2D eigenvalue weighted by Gasteiger charge is 2.18. The fourth-order valence-electron chi connectivity index (χ4n) is 1.45. The van der Waals surface area contributed by atoms with E-state index >= 15 is 0 Å². The predicted molar refractivity (Wildman–Crippen MR) is 66.3 cm³/mol. The first kappa shape index (κ1) is 14.2. The van der Waals surface area contributed by atoms with Crippen molar-refractivity contribution in [2.75, 3.05) is 13.6 Å². The van der Waals surface area contributed by atoms with Crippen LogP contribution in [0.4, 0.5) is 0 Å². The highest BCUT2D eigenvalue weighted by atomic mass is 16.2. The normalized spacial score (nSPS) is 9.00. The maximum absolute atomic E-state index is 11.6. The lowest BCUT2D eigenvalue weighted by atomic mass is 10.1. The Bertz CT molecular complexity index is 569. The minimum Gasteiger partial charge on any atom is -0.335 e. The van der Waals surface area contributed by atoms with E-state index in [1.165, 1.54) is 11.9 Å². The zero-order chi connectivity index (χ0) is 14.3. The summed E-state index contributed by atoms with van der Waals surface area (Å²) in [5.41, 5.74) is 1.25.